The molecule has 2 nitrogen and oxygen atoms in total. The van der Waals surface area contributed by atoms with E-state index in [0.29, 0.717) is 0 Å². The molecule has 0 atom stereocenters. The van der Waals surface area contributed by atoms with Crippen molar-refractivity contribution < 1.29 is 0 Å². The molecule has 2 aliphatic rings. The van der Waals surface area contributed by atoms with Crippen molar-refractivity contribution in [2.75, 3.05) is 5.73 Å². The summed E-state index contributed by atoms with van der Waals surface area (Å²) in [7, 11) is 0. The van der Waals surface area contributed by atoms with Crippen LogP contribution in [0.1, 0.15) is 28.9 Å². The lowest BCUT2D eigenvalue weighted by molar-refractivity contribution is 0.777. The van der Waals surface area contributed by atoms with Gasteiger partial charge in [-0.3, -0.25) is 4.98 Å². The number of anilines is 1. The first-order valence-corrected chi connectivity index (χ1v) is 4.65. The van der Waals surface area contributed by atoms with Crippen LogP contribution in [0.15, 0.2) is 0 Å². The molecule has 0 amide bonds. The molecule has 3 rings (SSSR count). The van der Waals surface area contributed by atoms with Crippen LogP contribution in [0.25, 0.3) is 0 Å². The summed E-state index contributed by atoms with van der Waals surface area (Å²) in [5.74, 6) is 0. The summed E-state index contributed by atoms with van der Waals surface area (Å²) in [4.78, 5) is 4.62. The lowest BCUT2D eigenvalue weighted by Crippen LogP contribution is -2.16. The van der Waals surface area contributed by atoms with E-state index in [1.165, 1.54) is 28.9 Å². The van der Waals surface area contributed by atoms with E-state index in [-0.39, 0.29) is 0 Å². The van der Waals surface area contributed by atoms with Crippen molar-refractivity contribution >= 4 is 5.69 Å². The molecule has 0 saturated heterocycles. The number of hydrogen-bond donors (Lipinski definition) is 1. The van der Waals surface area contributed by atoms with Crippen LogP contribution < -0.4 is 5.73 Å². The third-order valence-corrected chi connectivity index (χ3v) is 3.07. The Morgan fingerprint density at radius 2 is 1.67 bits per heavy atom. The van der Waals surface area contributed by atoms with Crippen LogP contribution in [0, 0.1) is 0 Å². The average molecular weight is 160 g/mol. The van der Waals surface area contributed by atoms with Gasteiger partial charge in [0.1, 0.15) is 0 Å². The minimum Gasteiger partial charge on any atom is -0.398 e. The summed E-state index contributed by atoms with van der Waals surface area (Å²) >= 11 is 0. The third-order valence-electron chi connectivity index (χ3n) is 3.07. The summed E-state index contributed by atoms with van der Waals surface area (Å²) < 4.78 is 0. The molecule has 2 N–H and O–H groups in total. The van der Waals surface area contributed by atoms with Gasteiger partial charge in [-0.05, 0) is 43.2 Å². The maximum Gasteiger partial charge on any atom is 0.0463 e. The predicted molar refractivity (Wildman–Crippen MR) is 48.1 cm³/mol. The Kier molecular flexibility index (Phi) is 1.08. The summed E-state index contributed by atoms with van der Waals surface area (Å²) in [6.07, 6.45) is 5.85. The van der Waals surface area contributed by atoms with E-state index in [0.717, 1.165) is 31.4 Å². The van der Waals surface area contributed by atoms with Crippen molar-refractivity contribution in [3.05, 3.63) is 22.5 Å². The van der Waals surface area contributed by atoms with E-state index in [2.05, 4.69) is 4.98 Å². The molecule has 0 radical (unpaired) electrons. The first-order valence-electron chi connectivity index (χ1n) is 4.65. The van der Waals surface area contributed by atoms with Gasteiger partial charge in [0.2, 0.25) is 0 Å². The normalized spacial score (nSPS) is 18.3. The molecular weight excluding hydrogens is 148 g/mol. The van der Waals surface area contributed by atoms with E-state index >= 15 is 0 Å². The molecule has 0 unspecified atom stereocenters. The molecule has 1 heterocycles. The molecule has 1 aromatic heterocycles. The summed E-state index contributed by atoms with van der Waals surface area (Å²) in [5, 5.41) is 0. The third kappa shape index (κ3) is 0.631. The van der Waals surface area contributed by atoms with Gasteiger partial charge in [-0.2, -0.15) is 0 Å². The molecule has 0 saturated carbocycles. The average Bonchev–Trinajstić information content (AvgIpc) is 2.43. The molecule has 0 spiro atoms. The van der Waals surface area contributed by atoms with Gasteiger partial charge in [-0.1, -0.05) is 0 Å². The number of pyridine rings is 1. The fourth-order valence-corrected chi connectivity index (χ4v) is 2.26. The molecule has 2 heteroatoms. The van der Waals surface area contributed by atoms with E-state index in [1.54, 1.807) is 0 Å². The molecule has 12 heavy (non-hydrogen) atoms. The van der Waals surface area contributed by atoms with Crippen molar-refractivity contribution in [2.45, 2.75) is 32.1 Å². The number of aryl methyl sites for hydroxylation is 2. The highest BCUT2D eigenvalue weighted by molar-refractivity contribution is 5.61. The lowest BCUT2D eigenvalue weighted by Gasteiger charge is -2.22. The van der Waals surface area contributed by atoms with Crippen molar-refractivity contribution in [1.82, 2.24) is 4.98 Å². The van der Waals surface area contributed by atoms with Crippen molar-refractivity contribution in [3.8, 4) is 0 Å². The molecular formula is C10H12N2. The van der Waals surface area contributed by atoms with Crippen LogP contribution in [0.2, 0.25) is 0 Å². The number of fused-ring (bicyclic) bond motifs is 2. The maximum absolute atomic E-state index is 6.05. The van der Waals surface area contributed by atoms with Gasteiger partial charge in [0.15, 0.2) is 0 Å². The van der Waals surface area contributed by atoms with E-state index < -0.39 is 0 Å². The second-order valence-electron chi connectivity index (χ2n) is 3.73. The number of aromatic nitrogens is 1. The van der Waals surface area contributed by atoms with Crippen LogP contribution in [-0.4, -0.2) is 4.98 Å². The molecule has 0 bridgehead atoms. The Hall–Kier alpha value is -1.05. The zero-order valence-electron chi connectivity index (χ0n) is 7.06. The van der Waals surface area contributed by atoms with Crippen LogP contribution in [0.5, 0.6) is 0 Å². The quantitative estimate of drug-likeness (QED) is 0.620. The van der Waals surface area contributed by atoms with E-state index in [9.17, 15) is 0 Å². The highest BCUT2D eigenvalue weighted by Gasteiger charge is 2.25. The molecule has 0 aliphatic heterocycles. The van der Waals surface area contributed by atoms with Gasteiger partial charge in [-0.25, -0.2) is 0 Å². The predicted octanol–water partition coefficient (Wildman–Crippen LogP) is 1.25. The second-order valence-corrected chi connectivity index (χ2v) is 3.73. The van der Waals surface area contributed by atoms with Gasteiger partial charge in [0, 0.05) is 17.1 Å². The summed E-state index contributed by atoms with van der Waals surface area (Å²) in [6, 6.07) is 0. The molecule has 62 valence electrons. The fraction of sp³-hybridized carbons (Fsp3) is 0.500. The maximum atomic E-state index is 6.05. The smallest absolute Gasteiger partial charge is 0.0463 e. The van der Waals surface area contributed by atoms with Crippen LogP contribution in [-0.2, 0) is 25.7 Å². The molecule has 0 aromatic carbocycles. The van der Waals surface area contributed by atoms with Crippen molar-refractivity contribution in [2.24, 2.45) is 0 Å². The van der Waals surface area contributed by atoms with Gasteiger partial charge < -0.3 is 5.73 Å². The van der Waals surface area contributed by atoms with E-state index in [4.69, 9.17) is 5.73 Å². The summed E-state index contributed by atoms with van der Waals surface area (Å²) in [5.41, 5.74) is 12.4. The Bertz CT molecular complexity index is 355. The number of nitrogen functional groups attached to an aromatic ring is 1. The zero-order valence-corrected chi connectivity index (χ0v) is 7.06. The van der Waals surface area contributed by atoms with Gasteiger partial charge >= 0.3 is 0 Å². The standard InChI is InChI=1S/C10H12N2/c11-10-6-2-1-3-8(6)12-9-5-4-7(9)10/h1-5H2,(H2,11,12). The number of hydrogen-bond acceptors (Lipinski definition) is 2. The Labute approximate surface area is 71.8 Å². The largest absolute Gasteiger partial charge is 0.398 e. The SMILES string of the molecule is Nc1c2c(nc3c1CC3)CCC2. The lowest BCUT2D eigenvalue weighted by atomic mass is 9.90. The van der Waals surface area contributed by atoms with Crippen LogP contribution in [0.3, 0.4) is 0 Å². The fourth-order valence-electron chi connectivity index (χ4n) is 2.26. The highest BCUT2D eigenvalue weighted by Crippen LogP contribution is 2.35. The van der Waals surface area contributed by atoms with Crippen molar-refractivity contribution in [1.29, 1.82) is 0 Å². The first-order chi connectivity index (χ1) is 5.86. The second kappa shape index (κ2) is 2.00. The van der Waals surface area contributed by atoms with Gasteiger partial charge in [0.05, 0.1) is 0 Å². The monoisotopic (exact) mass is 160 g/mol. The highest BCUT2D eigenvalue weighted by atomic mass is 14.8. The minimum absolute atomic E-state index is 1.07. The molecule has 1 aromatic rings. The number of rotatable bonds is 0. The van der Waals surface area contributed by atoms with Gasteiger partial charge in [0.25, 0.3) is 0 Å². The van der Waals surface area contributed by atoms with Crippen LogP contribution in [0.4, 0.5) is 5.69 Å². The molecule has 2 aliphatic carbocycles. The first kappa shape index (κ1) is 6.46. The number of nitrogens with zero attached hydrogens (tertiary/aromatic N) is 1. The Morgan fingerprint density at radius 1 is 0.917 bits per heavy atom. The van der Waals surface area contributed by atoms with Gasteiger partial charge in [-0.15, -0.1) is 0 Å². The molecule has 0 fully saturated rings. The Morgan fingerprint density at radius 3 is 2.42 bits per heavy atom. The Balaban J connectivity index is 2.29. The van der Waals surface area contributed by atoms with Crippen LogP contribution >= 0.6 is 0 Å². The van der Waals surface area contributed by atoms with Crippen molar-refractivity contribution in [3.63, 3.8) is 0 Å². The summed E-state index contributed by atoms with van der Waals surface area (Å²) in [6.45, 7) is 0. The van der Waals surface area contributed by atoms with E-state index in [1.807, 2.05) is 0 Å². The zero-order chi connectivity index (χ0) is 8.13. The minimum atomic E-state index is 1.07. The topological polar surface area (TPSA) is 38.9 Å². The number of nitrogens with two attached hydrogens (primary N) is 1.